The van der Waals surface area contributed by atoms with Gasteiger partial charge in [0.1, 0.15) is 23.6 Å². The predicted octanol–water partition coefficient (Wildman–Crippen LogP) is 1.49. The maximum Gasteiger partial charge on any atom is 0.272 e. The molecule has 3 rings (SSSR count). The summed E-state index contributed by atoms with van der Waals surface area (Å²) in [6, 6.07) is 8.54. The zero-order chi connectivity index (χ0) is 18.7. The number of nitrogens with zero attached hydrogens (tertiary/aromatic N) is 3. The lowest BCUT2D eigenvalue weighted by atomic mass is 10.2. The van der Waals surface area contributed by atoms with Crippen LogP contribution in [0.25, 0.3) is 0 Å². The predicted molar refractivity (Wildman–Crippen MR) is 97.5 cm³/mol. The van der Waals surface area contributed by atoms with Crippen molar-refractivity contribution in [3.63, 3.8) is 0 Å². The molecule has 1 amide bonds. The van der Waals surface area contributed by atoms with E-state index in [-0.39, 0.29) is 29.1 Å². The largest absolute Gasteiger partial charge is 0.497 e. The molecule has 0 radical (unpaired) electrons. The van der Waals surface area contributed by atoms with Gasteiger partial charge in [0, 0.05) is 30.9 Å². The van der Waals surface area contributed by atoms with Crippen molar-refractivity contribution in [1.82, 2.24) is 14.9 Å². The number of ether oxygens (including phenoxy) is 1. The molecule has 8 nitrogen and oxygen atoms in total. The highest BCUT2D eigenvalue weighted by Crippen LogP contribution is 2.21. The third kappa shape index (κ3) is 4.10. The van der Waals surface area contributed by atoms with E-state index in [9.17, 15) is 13.2 Å². The first kappa shape index (κ1) is 18.1. The van der Waals surface area contributed by atoms with Crippen molar-refractivity contribution >= 4 is 27.2 Å². The Morgan fingerprint density at radius 3 is 2.81 bits per heavy atom. The van der Waals surface area contributed by atoms with Gasteiger partial charge in [-0.2, -0.15) is 0 Å². The zero-order valence-corrected chi connectivity index (χ0v) is 15.4. The van der Waals surface area contributed by atoms with Crippen LogP contribution in [0.3, 0.4) is 0 Å². The van der Waals surface area contributed by atoms with Gasteiger partial charge in [0.15, 0.2) is 9.84 Å². The third-order valence-electron chi connectivity index (χ3n) is 4.30. The molecule has 1 N–H and O–H groups in total. The summed E-state index contributed by atoms with van der Waals surface area (Å²) in [5.74, 6) is 0.937. The second-order valence-corrected chi connectivity index (χ2v) is 8.35. The van der Waals surface area contributed by atoms with Crippen LogP contribution in [0.4, 0.5) is 11.5 Å². The first-order chi connectivity index (χ1) is 12.4. The maximum atomic E-state index is 12.6. The fraction of sp³-hybridized carbons (Fsp3) is 0.353. The highest BCUT2D eigenvalue weighted by Gasteiger charge is 2.33. The minimum atomic E-state index is -3.06. The number of carbonyl (C=O) groups is 1. The molecule has 1 aromatic carbocycles. The SMILES string of the molecule is COc1cccc(Nc2cc(C(=O)N(C)C3CCS(=O)(=O)C3)ncn2)c1. The van der Waals surface area contributed by atoms with Crippen LogP contribution in [0.1, 0.15) is 16.9 Å². The number of rotatable bonds is 5. The van der Waals surface area contributed by atoms with Crippen LogP contribution >= 0.6 is 0 Å². The number of carbonyl (C=O) groups excluding carboxylic acids is 1. The molecule has 1 aliphatic heterocycles. The second-order valence-electron chi connectivity index (χ2n) is 6.12. The third-order valence-corrected chi connectivity index (χ3v) is 6.06. The highest BCUT2D eigenvalue weighted by molar-refractivity contribution is 7.91. The van der Waals surface area contributed by atoms with E-state index in [2.05, 4.69) is 15.3 Å². The van der Waals surface area contributed by atoms with Crippen LogP contribution < -0.4 is 10.1 Å². The fourth-order valence-electron chi connectivity index (χ4n) is 2.82. The Balaban J connectivity index is 1.75. The molecule has 1 aliphatic rings. The van der Waals surface area contributed by atoms with Gasteiger partial charge in [0.25, 0.3) is 5.91 Å². The molecule has 0 saturated carbocycles. The Morgan fingerprint density at radius 1 is 1.31 bits per heavy atom. The molecule has 1 saturated heterocycles. The summed E-state index contributed by atoms with van der Waals surface area (Å²) in [7, 11) is 0.123. The molecule has 1 atom stereocenters. The molecule has 1 unspecified atom stereocenters. The topological polar surface area (TPSA) is 101 Å². The summed E-state index contributed by atoms with van der Waals surface area (Å²) < 4.78 is 28.4. The number of benzene rings is 1. The van der Waals surface area contributed by atoms with Crippen LogP contribution in [0.15, 0.2) is 36.7 Å². The maximum absolute atomic E-state index is 12.6. The summed E-state index contributed by atoms with van der Waals surface area (Å²) >= 11 is 0. The van der Waals surface area contributed by atoms with Gasteiger partial charge in [-0.3, -0.25) is 4.79 Å². The fourth-order valence-corrected chi connectivity index (χ4v) is 4.59. The number of methoxy groups -OCH3 is 1. The van der Waals surface area contributed by atoms with Gasteiger partial charge in [0.05, 0.1) is 18.6 Å². The number of hydrogen-bond acceptors (Lipinski definition) is 7. The molecule has 9 heteroatoms. The van der Waals surface area contributed by atoms with Crippen molar-refractivity contribution < 1.29 is 17.9 Å². The number of nitrogens with one attached hydrogen (secondary N) is 1. The number of anilines is 2. The minimum absolute atomic E-state index is 0.00472. The second kappa shape index (κ2) is 7.28. The van der Waals surface area contributed by atoms with Gasteiger partial charge < -0.3 is 15.0 Å². The standard InChI is InChI=1S/C17H20N4O4S/c1-21(13-6-7-26(23,24)10-13)17(22)15-9-16(19-11-18-15)20-12-4-3-5-14(8-12)25-2/h3-5,8-9,11,13H,6-7,10H2,1-2H3,(H,18,19,20). The van der Waals surface area contributed by atoms with Crippen molar-refractivity contribution in [3.8, 4) is 5.75 Å². The van der Waals surface area contributed by atoms with Crippen LogP contribution in [0.5, 0.6) is 5.75 Å². The van der Waals surface area contributed by atoms with E-state index in [1.165, 1.54) is 11.2 Å². The summed E-state index contributed by atoms with van der Waals surface area (Å²) in [5.41, 5.74) is 0.967. The van der Waals surface area contributed by atoms with Crippen LogP contribution in [0, 0.1) is 0 Å². The van der Waals surface area contributed by atoms with Crippen LogP contribution in [-0.2, 0) is 9.84 Å². The average Bonchev–Trinajstić information content (AvgIpc) is 3.00. The van der Waals surface area contributed by atoms with Gasteiger partial charge in [-0.15, -0.1) is 0 Å². The van der Waals surface area contributed by atoms with E-state index in [1.54, 1.807) is 26.3 Å². The lowest BCUT2D eigenvalue weighted by molar-refractivity contribution is 0.0741. The Morgan fingerprint density at radius 2 is 2.12 bits per heavy atom. The van der Waals surface area contributed by atoms with Gasteiger partial charge in [-0.05, 0) is 18.6 Å². The van der Waals surface area contributed by atoms with Crippen molar-refractivity contribution in [3.05, 3.63) is 42.4 Å². The normalized spacial score (nSPS) is 18.3. The molecule has 1 fully saturated rings. The van der Waals surface area contributed by atoms with E-state index >= 15 is 0 Å². The highest BCUT2D eigenvalue weighted by atomic mass is 32.2. The van der Waals surface area contributed by atoms with Gasteiger partial charge >= 0.3 is 0 Å². The monoisotopic (exact) mass is 376 g/mol. The zero-order valence-electron chi connectivity index (χ0n) is 14.5. The molecule has 138 valence electrons. The van der Waals surface area contributed by atoms with Crippen LogP contribution in [-0.4, -0.2) is 60.9 Å². The molecule has 2 aromatic rings. The van der Waals surface area contributed by atoms with Crippen molar-refractivity contribution in [1.29, 1.82) is 0 Å². The Bertz CT molecular complexity index is 916. The van der Waals surface area contributed by atoms with Gasteiger partial charge in [-0.1, -0.05) is 6.07 Å². The smallest absolute Gasteiger partial charge is 0.272 e. The molecular formula is C17H20N4O4S. The summed E-state index contributed by atoms with van der Waals surface area (Å²) in [5, 5.41) is 3.10. The number of hydrogen-bond donors (Lipinski definition) is 1. The molecular weight excluding hydrogens is 356 g/mol. The first-order valence-corrected chi connectivity index (χ1v) is 9.91. The number of amides is 1. The Labute approximate surface area is 152 Å². The average molecular weight is 376 g/mol. The van der Waals surface area contributed by atoms with E-state index < -0.39 is 9.84 Å². The molecule has 0 aliphatic carbocycles. The molecule has 0 spiro atoms. The minimum Gasteiger partial charge on any atom is -0.497 e. The molecule has 0 bridgehead atoms. The quantitative estimate of drug-likeness (QED) is 0.843. The summed E-state index contributed by atoms with van der Waals surface area (Å²) in [4.78, 5) is 22.2. The van der Waals surface area contributed by atoms with Crippen LogP contribution in [0.2, 0.25) is 0 Å². The van der Waals surface area contributed by atoms with Crippen molar-refractivity contribution in [2.75, 3.05) is 31.0 Å². The lowest BCUT2D eigenvalue weighted by Gasteiger charge is -2.23. The molecule has 26 heavy (non-hydrogen) atoms. The van der Waals surface area contributed by atoms with E-state index in [0.29, 0.717) is 18.0 Å². The first-order valence-electron chi connectivity index (χ1n) is 8.09. The van der Waals surface area contributed by atoms with Gasteiger partial charge in [0.2, 0.25) is 0 Å². The molecule has 2 heterocycles. The Kier molecular flexibility index (Phi) is 5.08. The van der Waals surface area contributed by atoms with E-state index in [0.717, 1.165) is 5.69 Å². The summed E-state index contributed by atoms with van der Waals surface area (Å²) in [6.07, 6.45) is 1.75. The Hall–Kier alpha value is -2.68. The van der Waals surface area contributed by atoms with Gasteiger partial charge in [-0.25, -0.2) is 18.4 Å². The van der Waals surface area contributed by atoms with E-state index in [4.69, 9.17) is 4.74 Å². The van der Waals surface area contributed by atoms with Crippen molar-refractivity contribution in [2.45, 2.75) is 12.5 Å². The lowest BCUT2D eigenvalue weighted by Crippen LogP contribution is -2.38. The van der Waals surface area contributed by atoms with E-state index in [1.807, 2.05) is 18.2 Å². The molecule has 1 aromatic heterocycles. The number of sulfone groups is 1. The number of aromatic nitrogens is 2. The summed E-state index contributed by atoms with van der Waals surface area (Å²) in [6.45, 7) is 0. The van der Waals surface area contributed by atoms with Crippen molar-refractivity contribution in [2.24, 2.45) is 0 Å².